The van der Waals surface area contributed by atoms with Gasteiger partial charge in [-0.25, -0.2) is 0 Å². The highest BCUT2D eigenvalue weighted by Crippen LogP contribution is 2.17. The third-order valence-corrected chi connectivity index (χ3v) is 2.65. The van der Waals surface area contributed by atoms with E-state index in [9.17, 15) is 0 Å². The van der Waals surface area contributed by atoms with E-state index < -0.39 is 0 Å². The van der Waals surface area contributed by atoms with Crippen LogP contribution in [-0.4, -0.2) is 27.2 Å². The molecule has 2 rings (SSSR count). The summed E-state index contributed by atoms with van der Waals surface area (Å²) in [4.78, 5) is 0. The number of tetrazole rings is 1. The Bertz CT molecular complexity index is 454. The molecule has 0 spiro atoms. The second kappa shape index (κ2) is 6.11. The van der Waals surface area contributed by atoms with Crippen molar-refractivity contribution in [2.45, 2.75) is 26.4 Å². The Morgan fingerprint density at radius 2 is 2.11 bits per heavy atom. The Kier molecular flexibility index (Phi) is 4.25. The molecule has 0 fully saturated rings. The number of hydrogen-bond donors (Lipinski definition) is 2. The van der Waals surface area contributed by atoms with Crippen LogP contribution in [0.25, 0.3) is 0 Å². The first-order valence-corrected chi connectivity index (χ1v) is 5.98. The number of aromatic nitrogens is 4. The van der Waals surface area contributed by atoms with Gasteiger partial charge in [0.15, 0.2) is 5.82 Å². The zero-order valence-corrected chi connectivity index (χ0v) is 10.6. The van der Waals surface area contributed by atoms with Crippen molar-refractivity contribution in [3.05, 3.63) is 35.7 Å². The van der Waals surface area contributed by atoms with Crippen LogP contribution in [0.1, 0.15) is 31.3 Å². The molecule has 0 amide bonds. The van der Waals surface area contributed by atoms with Gasteiger partial charge in [-0.1, -0.05) is 17.3 Å². The van der Waals surface area contributed by atoms with Gasteiger partial charge in [0.25, 0.3) is 0 Å². The molecule has 0 aliphatic heterocycles. The Balaban J connectivity index is 1.89. The van der Waals surface area contributed by atoms with E-state index in [0.29, 0.717) is 19.0 Å². The first-order valence-electron chi connectivity index (χ1n) is 5.98. The summed E-state index contributed by atoms with van der Waals surface area (Å²) in [6.45, 7) is 5.34. The highest BCUT2D eigenvalue weighted by molar-refractivity contribution is 5.28. The number of benzene rings is 1. The molecule has 0 saturated carbocycles. The van der Waals surface area contributed by atoms with Gasteiger partial charge in [-0.05, 0) is 31.5 Å². The predicted octanol–water partition coefficient (Wildman–Crippen LogP) is 1.45. The molecule has 2 aromatic rings. The maximum Gasteiger partial charge on any atom is 0.188 e. The fraction of sp³-hybridized carbons (Fsp3) is 0.417. The first kappa shape index (κ1) is 12.5. The van der Waals surface area contributed by atoms with Crippen LogP contribution >= 0.6 is 0 Å². The second-order valence-corrected chi connectivity index (χ2v) is 3.93. The van der Waals surface area contributed by atoms with E-state index in [-0.39, 0.29) is 6.04 Å². The maximum absolute atomic E-state index is 5.41. The number of aromatic amines is 1. The lowest BCUT2D eigenvalue weighted by molar-refractivity contribution is 0.340. The summed E-state index contributed by atoms with van der Waals surface area (Å²) in [5.74, 6) is 1.56. The monoisotopic (exact) mass is 247 g/mol. The van der Waals surface area contributed by atoms with Crippen molar-refractivity contribution in [3.63, 3.8) is 0 Å². The van der Waals surface area contributed by atoms with E-state index in [2.05, 4.69) is 45.0 Å². The summed E-state index contributed by atoms with van der Waals surface area (Å²) in [6, 6.07) is 8.29. The summed E-state index contributed by atoms with van der Waals surface area (Å²) in [5, 5.41) is 17.0. The molecule has 2 N–H and O–H groups in total. The van der Waals surface area contributed by atoms with E-state index in [1.54, 1.807) is 0 Å². The molecule has 0 saturated heterocycles. The Morgan fingerprint density at radius 1 is 1.33 bits per heavy atom. The third-order valence-electron chi connectivity index (χ3n) is 2.65. The molecule has 1 atom stereocenters. The molecule has 0 bridgehead atoms. The maximum atomic E-state index is 5.41. The van der Waals surface area contributed by atoms with Crippen LogP contribution < -0.4 is 10.1 Å². The number of H-pyrrole nitrogens is 1. The zero-order valence-electron chi connectivity index (χ0n) is 10.6. The molecule has 18 heavy (non-hydrogen) atoms. The quantitative estimate of drug-likeness (QED) is 0.808. The van der Waals surface area contributed by atoms with Gasteiger partial charge in [-0.2, -0.15) is 5.21 Å². The second-order valence-electron chi connectivity index (χ2n) is 3.93. The predicted molar refractivity (Wildman–Crippen MR) is 67.0 cm³/mol. The van der Waals surface area contributed by atoms with Crippen LogP contribution in [0.15, 0.2) is 24.3 Å². The minimum absolute atomic E-state index is 0.221. The lowest BCUT2D eigenvalue weighted by atomic mass is 10.1. The van der Waals surface area contributed by atoms with Gasteiger partial charge in [0.05, 0.1) is 13.2 Å². The largest absolute Gasteiger partial charge is 0.494 e. The van der Waals surface area contributed by atoms with Gasteiger partial charge in [0.1, 0.15) is 5.75 Å². The van der Waals surface area contributed by atoms with E-state index in [1.807, 2.05) is 19.1 Å². The molecule has 0 aliphatic rings. The lowest BCUT2D eigenvalue weighted by Crippen LogP contribution is -2.18. The first-order chi connectivity index (χ1) is 8.79. The van der Waals surface area contributed by atoms with Gasteiger partial charge < -0.3 is 10.1 Å². The van der Waals surface area contributed by atoms with Gasteiger partial charge in [0.2, 0.25) is 0 Å². The van der Waals surface area contributed by atoms with Gasteiger partial charge in [-0.3, -0.25) is 0 Å². The van der Waals surface area contributed by atoms with Gasteiger partial charge >= 0.3 is 0 Å². The van der Waals surface area contributed by atoms with Gasteiger partial charge in [0, 0.05) is 6.04 Å². The summed E-state index contributed by atoms with van der Waals surface area (Å²) >= 11 is 0. The molecule has 0 aliphatic carbocycles. The summed E-state index contributed by atoms with van der Waals surface area (Å²) in [6.07, 6.45) is 0. The Hall–Kier alpha value is -1.95. The van der Waals surface area contributed by atoms with E-state index in [0.717, 1.165) is 5.75 Å². The normalized spacial score (nSPS) is 12.3. The molecule has 96 valence electrons. The topological polar surface area (TPSA) is 75.7 Å². The number of ether oxygens (including phenoxy) is 1. The molecular formula is C12H17N5O. The van der Waals surface area contributed by atoms with Crippen LogP contribution in [0, 0.1) is 0 Å². The van der Waals surface area contributed by atoms with Crippen molar-refractivity contribution in [1.29, 1.82) is 0 Å². The molecule has 1 unspecified atom stereocenters. The lowest BCUT2D eigenvalue weighted by Gasteiger charge is -2.13. The molecule has 0 radical (unpaired) electrons. The Morgan fingerprint density at radius 3 is 2.72 bits per heavy atom. The number of hydrogen-bond acceptors (Lipinski definition) is 5. The fourth-order valence-corrected chi connectivity index (χ4v) is 1.64. The van der Waals surface area contributed by atoms with Crippen molar-refractivity contribution in [2.24, 2.45) is 0 Å². The van der Waals surface area contributed by atoms with Crippen molar-refractivity contribution in [2.75, 3.05) is 6.61 Å². The molecule has 1 aromatic carbocycles. The average molecular weight is 247 g/mol. The van der Waals surface area contributed by atoms with E-state index in [4.69, 9.17) is 4.74 Å². The SMILES string of the molecule is CCOc1ccc(C(C)NCc2nn[nH]n2)cc1. The Labute approximate surface area is 106 Å². The molecular weight excluding hydrogens is 230 g/mol. The fourth-order valence-electron chi connectivity index (χ4n) is 1.64. The standard InChI is InChI=1S/C12H17N5O/c1-3-18-11-6-4-10(5-7-11)9(2)13-8-12-14-16-17-15-12/h4-7,9,13H,3,8H2,1-2H3,(H,14,15,16,17). The zero-order chi connectivity index (χ0) is 12.8. The van der Waals surface area contributed by atoms with Crippen LogP contribution in [0.2, 0.25) is 0 Å². The smallest absolute Gasteiger partial charge is 0.188 e. The van der Waals surface area contributed by atoms with Crippen molar-refractivity contribution in [3.8, 4) is 5.75 Å². The van der Waals surface area contributed by atoms with Crippen LogP contribution in [-0.2, 0) is 6.54 Å². The number of nitrogens with one attached hydrogen (secondary N) is 2. The van der Waals surface area contributed by atoms with Crippen LogP contribution in [0.5, 0.6) is 5.75 Å². The van der Waals surface area contributed by atoms with Gasteiger partial charge in [-0.15, -0.1) is 10.2 Å². The molecule has 6 heteroatoms. The summed E-state index contributed by atoms with van der Waals surface area (Å²) in [5.41, 5.74) is 1.20. The molecule has 6 nitrogen and oxygen atoms in total. The molecule has 1 aromatic heterocycles. The minimum Gasteiger partial charge on any atom is -0.494 e. The van der Waals surface area contributed by atoms with Crippen LogP contribution in [0.4, 0.5) is 0 Å². The van der Waals surface area contributed by atoms with Crippen molar-refractivity contribution < 1.29 is 4.74 Å². The molecule has 1 heterocycles. The van der Waals surface area contributed by atoms with E-state index in [1.165, 1.54) is 5.56 Å². The van der Waals surface area contributed by atoms with E-state index >= 15 is 0 Å². The third kappa shape index (κ3) is 3.27. The van der Waals surface area contributed by atoms with Crippen molar-refractivity contribution >= 4 is 0 Å². The number of nitrogens with zero attached hydrogens (tertiary/aromatic N) is 3. The van der Waals surface area contributed by atoms with Crippen molar-refractivity contribution in [1.82, 2.24) is 25.9 Å². The summed E-state index contributed by atoms with van der Waals surface area (Å²) in [7, 11) is 0. The average Bonchev–Trinajstić information content (AvgIpc) is 2.90. The summed E-state index contributed by atoms with van der Waals surface area (Å²) < 4.78 is 5.41. The highest BCUT2D eigenvalue weighted by Gasteiger charge is 2.06. The highest BCUT2D eigenvalue weighted by atomic mass is 16.5. The minimum atomic E-state index is 0.221. The van der Waals surface area contributed by atoms with Crippen LogP contribution in [0.3, 0.4) is 0 Å². The number of rotatable bonds is 6.